The minimum atomic E-state index is -2.75. The van der Waals surface area contributed by atoms with E-state index in [0.717, 1.165) is 0 Å². The van der Waals surface area contributed by atoms with Gasteiger partial charge in [-0.2, -0.15) is 0 Å². The van der Waals surface area contributed by atoms with E-state index in [-0.39, 0.29) is 0 Å². The summed E-state index contributed by atoms with van der Waals surface area (Å²) in [5.41, 5.74) is -2.75. The van der Waals surface area contributed by atoms with E-state index in [9.17, 15) is 19.2 Å². The molecule has 0 aromatic carbocycles. The average molecular weight is 188 g/mol. The van der Waals surface area contributed by atoms with Crippen molar-refractivity contribution in [3.8, 4) is 0 Å². The molecule has 13 heavy (non-hydrogen) atoms. The molecule has 1 aliphatic heterocycles. The molecule has 0 saturated carbocycles. The van der Waals surface area contributed by atoms with Crippen LogP contribution in [0.15, 0.2) is 0 Å². The van der Waals surface area contributed by atoms with Gasteiger partial charge in [0.25, 0.3) is 5.41 Å². The van der Waals surface area contributed by atoms with Gasteiger partial charge in [-0.15, -0.1) is 0 Å². The zero-order chi connectivity index (χ0) is 10.2. The molecule has 0 aliphatic carbocycles. The first-order valence-corrected chi connectivity index (χ1v) is 3.13. The Morgan fingerprint density at radius 1 is 1.23 bits per heavy atom. The standard InChI is InChI=1S/C6H4O7/c7-2-1-6(3(8)9,4(10)11)5(12)13-2/h1H2,(H,8,9)(H,10,11). The number of hydrogen-bond donors (Lipinski definition) is 2. The highest BCUT2D eigenvalue weighted by Crippen LogP contribution is 2.31. The molecule has 0 radical (unpaired) electrons. The third-order valence-electron chi connectivity index (χ3n) is 1.69. The van der Waals surface area contributed by atoms with Gasteiger partial charge in [-0.05, 0) is 0 Å². The van der Waals surface area contributed by atoms with Gasteiger partial charge in [0.15, 0.2) is 0 Å². The molecule has 0 amide bonds. The van der Waals surface area contributed by atoms with Crippen molar-refractivity contribution in [3.63, 3.8) is 0 Å². The van der Waals surface area contributed by atoms with Crippen molar-refractivity contribution in [2.24, 2.45) is 5.41 Å². The number of aliphatic carboxylic acids is 2. The first-order chi connectivity index (χ1) is 5.91. The lowest BCUT2D eigenvalue weighted by molar-refractivity contribution is -0.171. The molecule has 1 saturated heterocycles. The number of carbonyl (C=O) groups excluding carboxylic acids is 2. The molecule has 7 nitrogen and oxygen atoms in total. The van der Waals surface area contributed by atoms with Crippen molar-refractivity contribution >= 4 is 23.9 Å². The molecular formula is C6H4O7. The summed E-state index contributed by atoms with van der Waals surface area (Å²) in [7, 11) is 0. The number of hydrogen-bond acceptors (Lipinski definition) is 5. The monoisotopic (exact) mass is 188 g/mol. The zero-order valence-electron chi connectivity index (χ0n) is 6.14. The molecule has 0 aromatic heterocycles. The van der Waals surface area contributed by atoms with Crippen molar-refractivity contribution in [1.82, 2.24) is 0 Å². The van der Waals surface area contributed by atoms with Gasteiger partial charge >= 0.3 is 23.9 Å². The van der Waals surface area contributed by atoms with Crippen LogP contribution in [-0.4, -0.2) is 34.1 Å². The van der Waals surface area contributed by atoms with Crippen molar-refractivity contribution in [3.05, 3.63) is 0 Å². The summed E-state index contributed by atoms with van der Waals surface area (Å²) < 4.78 is 3.86. The Morgan fingerprint density at radius 3 is 1.85 bits per heavy atom. The average Bonchev–Trinajstić information content (AvgIpc) is 2.26. The third-order valence-corrected chi connectivity index (χ3v) is 1.69. The van der Waals surface area contributed by atoms with Crippen LogP contribution in [0.5, 0.6) is 0 Å². The van der Waals surface area contributed by atoms with Gasteiger partial charge in [0.05, 0.1) is 6.42 Å². The zero-order valence-corrected chi connectivity index (χ0v) is 6.14. The maximum absolute atomic E-state index is 10.8. The SMILES string of the molecule is O=C1CC(C(=O)O)(C(=O)O)C(=O)O1. The quantitative estimate of drug-likeness (QED) is 0.404. The van der Waals surface area contributed by atoms with Crippen LogP contribution in [0, 0.1) is 5.41 Å². The molecule has 7 heteroatoms. The van der Waals surface area contributed by atoms with Crippen molar-refractivity contribution in [1.29, 1.82) is 0 Å². The summed E-state index contributed by atoms with van der Waals surface area (Å²) >= 11 is 0. The molecule has 0 atom stereocenters. The van der Waals surface area contributed by atoms with Crippen LogP contribution in [0.4, 0.5) is 0 Å². The van der Waals surface area contributed by atoms with Gasteiger partial charge in [0, 0.05) is 0 Å². The van der Waals surface area contributed by atoms with Gasteiger partial charge in [0.1, 0.15) is 0 Å². The van der Waals surface area contributed by atoms with E-state index in [2.05, 4.69) is 4.74 Å². The molecule has 0 unspecified atom stereocenters. The van der Waals surface area contributed by atoms with Crippen LogP contribution >= 0.6 is 0 Å². The van der Waals surface area contributed by atoms with Crippen LogP contribution in [0.3, 0.4) is 0 Å². The minimum absolute atomic E-state index is 0.962. The lowest BCUT2D eigenvalue weighted by Crippen LogP contribution is -2.43. The van der Waals surface area contributed by atoms with E-state index < -0.39 is 35.7 Å². The predicted molar refractivity (Wildman–Crippen MR) is 33.4 cm³/mol. The highest BCUT2D eigenvalue weighted by Gasteiger charge is 2.62. The highest BCUT2D eigenvalue weighted by molar-refractivity contribution is 6.23. The molecule has 1 aliphatic rings. The molecule has 0 aromatic rings. The normalized spacial score (nSPS) is 19.7. The molecule has 70 valence electrons. The summed E-state index contributed by atoms with van der Waals surface area (Å²) in [4.78, 5) is 42.3. The summed E-state index contributed by atoms with van der Waals surface area (Å²) in [6, 6.07) is 0. The van der Waals surface area contributed by atoms with Crippen LogP contribution in [0.2, 0.25) is 0 Å². The fourth-order valence-electron chi connectivity index (χ4n) is 0.933. The number of cyclic esters (lactones) is 2. The Balaban J connectivity index is 3.20. The summed E-state index contributed by atoms with van der Waals surface area (Å²) in [6.45, 7) is 0. The van der Waals surface area contributed by atoms with E-state index >= 15 is 0 Å². The van der Waals surface area contributed by atoms with Crippen molar-refractivity contribution in [2.75, 3.05) is 0 Å². The van der Waals surface area contributed by atoms with E-state index in [1.165, 1.54) is 0 Å². The van der Waals surface area contributed by atoms with E-state index in [0.29, 0.717) is 0 Å². The topological polar surface area (TPSA) is 118 Å². The summed E-state index contributed by atoms with van der Waals surface area (Å²) in [5.74, 6) is -6.47. The van der Waals surface area contributed by atoms with Gasteiger partial charge in [-0.25, -0.2) is 4.79 Å². The Morgan fingerprint density at radius 2 is 1.69 bits per heavy atom. The molecule has 1 rings (SSSR count). The summed E-state index contributed by atoms with van der Waals surface area (Å²) in [5, 5.41) is 17.0. The molecule has 0 spiro atoms. The second kappa shape index (κ2) is 2.54. The van der Waals surface area contributed by atoms with E-state index in [1.807, 2.05) is 0 Å². The Bertz CT molecular complexity index is 301. The Labute approximate surface area is 70.9 Å². The second-order valence-electron chi connectivity index (χ2n) is 2.45. The number of carbonyl (C=O) groups is 4. The Kier molecular flexibility index (Phi) is 1.79. The first kappa shape index (κ1) is 9.17. The molecular weight excluding hydrogens is 184 g/mol. The maximum atomic E-state index is 10.8. The number of carboxylic acid groups (broad SMARTS) is 2. The van der Waals surface area contributed by atoms with Crippen LogP contribution in [0.25, 0.3) is 0 Å². The second-order valence-corrected chi connectivity index (χ2v) is 2.45. The molecule has 2 N–H and O–H groups in total. The molecule has 1 fully saturated rings. The summed E-state index contributed by atoms with van der Waals surface area (Å²) in [6.07, 6.45) is -0.962. The fourth-order valence-corrected chi connectivity index (χ4v) is 0.933. The fraction of sp³-hybridized carbons (Fsp3) is 0.333. The number of ether oxygens (including phenoxy) is 1. The highest BCUT2D eigenvalue weighted by atomic mass is 16.6. The number of esters is 2. The van der Waals surface area contributed by atoms with Gasteiger partial charge < -0.3 is 14.9 Å². The lowest BCUT2D eigenvalue weighted by Gasteiger charge is -2.11. The van der Waals surface area contributed by atoms with Crippen molar-refractivity contribution < 1.29 is 34.1 Å². The number of rotatable bonds is 2. The molecule has 1 heterocycles. The minimum Gasteiger partial charge on any atom is -0.480 e. The predicted octanol–water partition coefficient (Wildman–Crippen LogP) is -1.38. The lowest BCUT2D eigenvalue weighted by atomic mass is 9.87. The van der Waals surface area contributed by atoms with Gasteiger partial charge in [-0.3, -0.25) is 14.4 Å². The van der Waals surface area contributed by atoms with Crippen LogP contribution < -0.4 is 0 Å². The van der Waals surface area contributed by atoms with Gasteiger partial charge in [0.2, 0.25) is 0 Å². The first-order valence-electron chi connectivity index (χ1n) is 3.13. The van der Waals surface area contributed by atoms with E-state index in [1.54, 1.807) is 0 Å². The van der Waals surface area contributed by atoms with Gasteiger partial charge in [-0.1, -0.05) is 0 Å². The largest absolute Gasteiger partial charge is 0.480 e. The maximum Gasteiger partial charge on any atom is 0.343 e. The Hall–Kier alpha value is -1.92. The van der Waals surface area contributed by atoms with Crippen LogP contribution in [-0.2, 0) is 23.9 Å². The third kappa shape index (κ3) is 1.05. The van der Waals surface area contributed by atoms with E-state index in [4.69, 9.17) is 10.2 Å². The molecule has 0 bridgehead atoms. The smallest absolute Gasteiger partial charge is 0.343 e. The van der Waals surface area contributed by atoms with Crippen LogP contribution in [0.1, 0.15) is 6.42 Å². The number of carboxylic acids is 2. The van der Waals surface area contributed by atoms with Crippen molar-refractivity contribution in [2.45, 2.75) is 6.42 Å².